The van der Waals surface area contributed by atoms with Crippen molar-refractivity contribution in [2.45, 2.75) is 30.7 Å². The highest BCUT2D eigenvalue weighted by Gasteiger charge is 2.25. The van der Waals surface area contributed by atoms with Gasteiger partial charge in [0.2, 0.25) is 10.0 Å². The molecule has 3 aromatic rings. The zero-order valence-corrected chi connectivity index (χ0v) is 17.4. The normalized spacial score (nSPS) is 17.4. The quantitative estimate of drug-likeness (QED) is 0.558. The average Bonchev–Trinajstić information content (AvgIpc) is 3.34. The first-order valence-corrected chi connectivity index (χ1v) is 11.4. The van der Waals surface area contributed by atoms with Gasteiger partial charge >= 0.3 is 0 Å². The minimum atomic E-state index is -3.68. The van der Waals surface area contributed by atoms with Crippen LogP contribution < -0.4 is 4.72 Å². The molecule has 0 spiro atoms. The number of nitrogens with zero attached hydrogens (tertiary/aromatic N) is 3. The van der Waals surface area contributed by atoms with Gasteiger partial charge in [0.15, 0.2) is 5.88 Å². The van der Waals surface area contributed by atoms with Crippen molar-refractivity contribution in [3.8, 4) is 23.2 Å². The van der Waals surface area contributed by atoms with Crippen LogP contribution in [0.15, 0.2) is 41.4 Å². The molecule has 30 heavy (non-hydrogen) atoms. The SMILES string of the molecule is CCN1CCCC1CNS(=O)(=O)c1ccc(-c2c(O)[nH]c3ccc(C#N)cc23)nc1. The van der Waals surface area contributed by atoms with Crippen LogP contribution in [0.5, 0.6) is 5.88 Å². The van der Waals surface area contributed by atoms with Crippen molar-refractivity contribution in [1.29, 1.82) is 5.26 Å². The summed E-state index contributed by atoms with van der Waals surface area (Å²) in [6.45, 7) is 4.36. The molecule has 9 heteroatoms. The van der Waals surface area contributed by atoms with Crippen LogP contribution >= 0.6 is 0 Å². The summed E-state index contributed by atoms with van der Waals surface area (Å²) in [5, 5.41) is 20.1. The van der Waals surface area contributed by atoms with E-state index in [4.69, 9.17) is 5.26 Å². The average molecular weight is 426 g/mol. The van der Waals surface area contributed by atoms with Gasteiger partial charge in [0.25, 0.3) is 0 Å². The molecule has 8 nitrogen and oxygen atoms in total. The van der Waals surface area contributed by atoms with Crippen molar-refractivity contribution < 1.29 is 13.5 Å². The fourth-order valence-corrected chi connectivity index (χ4v) is 5.04. The van der Waals surface area contributed by atoms with E-state index in [1.807, 2.05) is 0 Å². The number of H-pyrrole nitrogens is 1. The maximum absolute atomic E-state index is 12.7. The van der Waals surface area contributed by atoms with Gasteiger partial charge in [-0.1, -0.05) is 6.92 Å². The van der Waals surface area contributed by atoms with Crippen LogP contribution in [-0.2, 0) is 10.0 Å². The third-order valence-corrected chi connectivity index (χ3v) is 7.03. The van der Waals surface area contributed by atoms with E-state index in [9.17, 15) is 13.5 Å². The summed E-state index contributed by atoms with van der Waals surface area (Å²) >= 11 is 0. The monoisotopic (exact) mass is 425 g/mol. The molecule has 156 valence electrons. The molecule has 0 saturated carbocycles. The first-order valence-electron chi connectivity index (χ1n) is 9.88. The van der Waals surface area contributed by atoms with E-state index in [1.165, 1.54) is 12.3 Å². The van der Waals surface area contributed by atoms with Gasteiger partial charge in [-0.3, -0.25) is 9.88 Å². The Morgan fingerprint density at radius 1 is 1.37 bits per heavy atom. The number of hydrogen-bond donors (Lipinski definition) is 3. The predicted molar refractivity (Wildman–Crippen MR) is 113 cm³/mol. The minimum absolute atomic E-state index is 0.0735. The number of hydrogen-bond acceptors (Lipinski definition) is 6. The van der Waals surface area contributed by atoms with Crippen molar-refractivity contribution in [1.82, 2.24) is 19.6 Å². The van der Waals surface area contributed by atoms with Crippen LogP contribution in [0.1, 0.15) is 25.3 Å². The number of aromatic nitrogens is 2. The van der Waals surface area contributed by atoms with Crippen LogP contribution in [0.2, 0.25) is 0 Å². The lowest BCUT2D eigenvalue weighted by molar-refractivity contribution is 0.268. The lowest BCUT2D eigenvalue weighted by Crippen LogP contribution is -2.40. The van der Waals surface area contributed by atoms with Gasteiger partial charge in [0.1, 0.15) is 4.90 Å². The Balaban J connectivity index is 1.58. The molecule has 1 fully saturated rings. The molecule has 1 aliphatic heterocycles. The molecule has 3 heterocycles. The van der Waals surface area contributed by atoms with Gasteiger partial charge in [-0.05, 0) is 56.3 Å². The minimum Gasteiger partial charge on any atom is -0.494 e. The Bertz CT molecular complexity index is 1210. The number of rotatable bonds is 6. The van der Waals surface area contributed by atoms with Crippen molar-refractivity contribution in [2.24, 2.45) is 0 Å². The molecule has 1 aromatic carbocycles. The van der Waals surface area contributed by atoms with Crippen molar-refractivity contribution in [3.05, 3.63) is 42.1 Å². The standard InChI is InChI=1S/C21H23N5O3S/c1-2-26-9-3-4-15(26)12-24-30(28,29)16-6-8-19(23-13-16)20-17-10-14(11-22)5-7-18(17)25-21(20)27/h5-8,10,13,15,24-25,27H,2-4,9,12H2,1H3. The lowest BCUT2D eigenvalue weighted by Gasteiger charge is -2.22. The number of nitriles is 1. The molecule has 2 aromatic heterocycles. The predicted octanol–water partition coefficient (Wildman–Crippen LogP) is 2.57. The zero-order chi connectivity index (χ0) is 21.3. The van der Waals surface area contributed by atoms with E-state index in [0.29, 0.717) is 34.3 Å². The maximum Gasteiger partial charge on any atom is 0.242 e. The number of fused-ring (bicyclic) bond motifs is 1. The Morgan fingerprint density at radius 2 is 2.20 bits per heavy atom. The third kappa shape index (κ3) is 3.77. The molecule has 1 saturated heterocycles. The van der Waals surface area contributed by atoms with Crippen LogP contribution in [-0.4, -0.2) is 54.1 Å². The number of benzene rings is 1. The van der Waals surface area contributed by atoms with Gasteiger partial charge in [0.05, 0.1) is 22.9 Å². The Morgan fingerprint density at radius 3 is 2.90 bits per heavy atom. The van der Waals surface area contributed by atoms with E-state index in [2.05, 4.69) is 32.6 Å². The Kier molecular flexibility index (Phi) is 5.47. The summed E-state index contributed by atoms with van der Waals surface area (Å²) in [6, 6.07) is 10.4. The van der Waals surface area contributed by atoms with Gasteiger partial charge in [-0.15, -0.1) is 0 Å². The van der Waals surface area contributed by atoms with Crippen molar-refractivity contribution in [3.63, 3.8) is 0 Å². The summed E-state index contributed by atoms with van der Waals surface area (Å²) in [6.07, 6.45) is 3.35. The second-order valence-corrected chi connectivity index (χ2v) is 9.14. The number of likely N-dealkylation sites (tertiary alicyclic amines) is 1. The van der Waals surface area contributed by atoms with Gasteiger partial charge in [-0.2, -0.15) is 5.26 Å². The number of aromatic amines is 1. The largest absolute Gasteiger partial charge is 0.494 e. The smallest absolute Gasteiger partial charge is 0.242 e. The van der Waals surface area contributed by atoms with E-state index < -0.39 is 10.0 Å². The van der Waals surface area contributed by atoms with Gasteiger partial charge in [0, 0.05) is 29.7 Å². The highest BCUT2D eigenvalue weighted by molar-refractivity contribution is 7.89. The topological polar surface area (TPSA) is 122 Å². The van der Waals surface area contributed by atoms with E-state index in [-0.39, 0.29) is 16.8 Å². The number of nitrogens with one attached hydrogen (secondary N) is 2. The lowest BCUT2D eigenvalue weighted by atomic mass is 10.1. The zero-order valence-electron chi connectivity index (χ0n) is 16.6. The van der Waals surface area contributed by atoms with Crippen molar-refractivity contribution >= 4 is 20.9 Å². The number of aromatic hydroxyl groups is 1. The third-order valence-electron chi connectivity index (χ3n) is 5.62. The molecule has 0 aliphatic carbocycles. The van der Waals surface area contributed by atoms with Gasteiger partial charge < -0.3 is 10.1 Å². The molecule has 0 radical (unpaired) electrons. The first kappa shape index (κ1) is 20.3. The molecule has 3 N–H and O–H groups in total. The molecular formula is C21H23N5O3S. The molecular weight excluding hydrogens is 402 g/mol. The van der Waals surface area contributed by atoms with E-state index in [1.54, 1.807) is 24.3 Å². The fourth-order valence-electron chi connectivity index (χ4n) is 4.03. The second kappa shape index (κ2) is 8.07. The Hall–Kier alpha value is -2.93. The number of pyridine rings is 1. The van der Waals surface area contributed by atoms with Crippen molar-refractivity contribution in [2.75, 3.05) is 19.6 Å². The fraction of sp³-hybridized carbons (Fsp3) is 0.333. The van der Waals surface area contributed by atoms with Crippen LogP contribution in [0, 0.1) is 11.3 Å². The summed E-state index contributed by atoms with van der Waals surface area (Å²) < 4.78 is 28.1. The highest BCUT2D eigenvalue weighted by Crippen LogP contribution is 2.36. The summed E-state index contributed by atoms with van der Waals surface area (Å²) in [5.41, 5.74) is 1.97. The molecule has 4 rings (SSSR count). The second-order valence-electron chi connectivity index (χ2n) is 7.38. The van der Waals surface area contributed by atoms with Crippen LogP contribution in [0.3, 0.4) is 0 Å². The van der Waals surface area contributed by atoms with Crippen LogP contribution in [0.25, 0.3) is 22.2 Å². The maximum atomic E-state index is 12.7. The molecule has 0 bridgehead atoms. The van der Waals surface area contributed by atoms with E-state index >= 15 is 0 Å². The highest BCUT2D eigenvalue weighted by atomic mass is 32.2. The molecule has 1 unspecified atom stereocenters. The Labute approximate surface area is 175 Å². The van der Waals surface area contributed by atoms with Crippen LogP contribution in [0.4, 0.5) is 0 Å². The molecule has 1 atom stereocenters. The number of sulfonamides is 1. The summed E-state index contributed by atoms with van der Waals surface area (Å²) in [5.74, 6) is -0.0813. The van der Waals surface area contributed by atoms with Gasteiger partial charge in [-0.25, -0.2) is 13.1 Å². The first-order chi connectivity index (χ1) is 14.4. The summed E-state index contributed by atoms with van der Waals surface area (Å²) in [7, 11) is -3.68. The summed E-state index contributed by atoms with van der Waals surface area (Å²) in [4.78, 5) is 9.48. The molecule has 0 amide bonds. The van der Waals surface area contributed by atoms with E-state index in [0.717, 1.165) is 25.9 Å². The molecule has 1 aliphatic rings. The number of likely N-dealkylation sites (N-methyl/N-ethyl adjacent to an activating group) is 1.